The van der Waals surface area contributed by atoms with E-state index in [-0.39, 0.29) is 23.7 Å². The van der Waals surface area contributed by atoms with Gasteiger partial charge in [0.25, 0.3) is 0 Å². The summed E-state index contributed by atoms with van der Waals surface area (Å²) in [6, 6.07) is 4.29. The van der Waals surface area contributed by atoms with E-state index in [4.69, 9.17) is 15.2 Å². The molecule has 1 aromatic heterocycles. The average Bonchev–Trinajstić information content (AvgIpc) is 2.39. The van der Waals surface area contributed by atoms with Crippen molar-refractivity contribution in [3.05, 3.63) is 28.5 Å². The maximum absolute atomic E-state index is 13.7. The van der Waals surface area contributed by atoms with Crippen LogP contribution in [0.3, 0.4) is 0 Å². The van der Waals surface area contributed by atoms with E-state index in [0.717, 1.165) is 6.42 Å². The van der Waals surface area contributed by atoms with E-state index in [1.54, 1.807) is 6.07 Å². The quantitative estimate of drug-likeness (QED) is 0.899. The van der Waals surface area contributed by atoms with Gasteiger partial charge in [0.2, 0.25) is 5.95 Å². The lowest BCUT2D eigenvalue weighted by Gasteiger charge is -2.07. The highest BCUT2D eigenvalue weighted by atomic mass is 79.9. The number of ether oxygens (including phenoxy) is 2. The first-order chi connectivity index (χ1) is 9.58. The van der Waals surface area contributed by atoms with Gasteiger partial charge in [-0.15, -0.1) is 4.98 Å². The molecule has 0 atom stereocenters. The third kappa shape index (κ3) is 3.77. The molecule has 6 nitrogen and oxygen atoms in total. The van der Waals surface area contributed by atoms with Crippen LogP contribution in [0.2, 0.25) is 0 Å². The number of benzene rings is 1. The van der Waals surface area contributed by atoms with Crippen LogP contribution in [-0.2, 0) is 0 Å². The zero-order chi connectivity index (χ0) is 14.5. The molecule has 0 fully saturated rings. The summed E-state index contributed by atoms with van der Waals surface area (Å²) in [7, 11) is 0. The molecule has 2 N–H and O–H groups in total. The molecular weight excluding hydrogens is 331 g/mol. The van der Waals surface area contributed by atoms with Crippen molar-refractivity contribution in [2.24, 2.45) is 0 Å². The standard InChI is InChI=1S/C12H12BrFN4O2/c1-2-5-19-11-16-10(15)17-12(18-11)20-9-4-3-7(13)6-8(9)14/h3-4,6H,2,5H2,1H3,(H2,15,16,17,18). The summed E-state index contributed by atoms with van der Waals surface area (Å²) in [4.78, 5) is 11.5. The number of nitrogens with two attached hydrogens (primary N) is 1. The number of hydrogen-bond donors (Lipinski definition) is 1. The van der Waals surface area contributed by atoms with Crippen molar-refractivity contribution in [2.45, 2.75) is 13.3 Å². The monoisotopic (exact) mass is 342 g/mol. The second-order valence-electron chi connectivity index (χ2n) is 3.78. The molecule has 0 aliphatic carbocycles. The van der Waals surface area contributed by atoms with Crippen LogP contribution in [0.1, 0.15) is 13.3 Å². The topological polar surface area (TPSA) is 83.2 Å². The maximum atomic E-state index is 13.7. The lowest BCUT2D eigenvalue weighted by Crippen LogP contribution is -2.06. The lowest BCUT2D eigenvalue weighted by atomic mass is 10.3. The van der Waals surface area contributed by atoms with Gasteiger partial charge in [-0.1, -0.05) is 22.9 Å². The number of nitrogens with zero attached hydrogens (tertiary/aromatic N) is 3. The number of aromatic nitrogens is 3. The average molecular weight is 343 g/mol. The first-order valence-corrected chi connectivity index (χ1v) is 6.65. The Hall–Kier alpha value is -1.96. The molecule has 1 heterocycles. The number of halogens is 2. The molecule has 0 bridgehead atoms. The van der Waals surface area contributed by atoms with Crippen LogP contribution < -0.4 is 15.2 Å². The molecule has 0 unspecified atom stereocenters. The van der Waals surface area contributed by atoms with E-state index >= 15 is 0 Å². The van der Waals surface area contributed by atoms with E-state index in [1.165, 1.54) is 12.1 Å². The summed E-state index contributed by atoms with van der Waals surface area (Å²) >= 11 is 3.16. The molecule has 2 rings (SSSR count). The van der Waals surface area contributed by atoms with Gasteiger partial charge in [0.1, 0.15) is 0 Å². The molecule has 0 saturated heterocycles. The van der Waals surface area contributed by atoms with Crippen molar-refractivity contribution >= 4 is 21.9 Å². The Kier molecular flexibility index (Phi) is 4.67. The molecule has 0 aliphatic rings. The maximum Gasteiger partial charge on any atom is 0.330 e. The Bertz CT molecular complexity index is 612. The van der Waals surface area contributed by atoms with Crippen molar-refractivity contribution in [2.75, 3.05) is 12.3 Å². The van der Waals surface area contributed by atoms with Crippen LogP contribution in [0.4, 0.5) is 10.3 Å². The smallest absolute Gasteiger partial charge is 0.330 e. The highest BCUT2D eigenvalue weighted by molar-refractivity contribution is 9.10. The Morgan fingerprint density at radius 2 is 2.00 bits per heavy atom. The van der Waals surface area contributed by atoms with Crippen molar-refractivity contribution in [3.63, 3.8) is 0 Å². The second-order valence-corrected chi connectivity index (χ2v) is 4.70. The largest absolute Gasteiger partial charge is 0.463 e. The molecule has 1 aromatic carbocycles. The van der Waals surface area contributed by atoms with Gasteiger partial charge in [0, 0.05) is 4.47 Å². The Morgan fingerprint density at radius 1 is 1.25 bits per heavy atom. The summed E-state index contributed by atoms with van der Waals surface area (Å²) in [5.74, 6) is -0.617. The molecule has 0 saturated carbocycles. The van der Waals surface area contributed by atoms with Crippen LogP contribution in [0.5, 0.6) is 17.8 Å². The van der Waals surface area contributed by atoms with Crippen molar-refractivity contribution in [1.29, 1.82) is 0 Å². The van der Waals surface area contributed by atoms with Crippen molar-refractivity contribution in [1.82, 2.24) is 15.0 Å². The molecule has 106 valence electrons. The predicted molar refractivity (Wildman–Crippen MR) is 74.2 cm³/mol. The van der Waals surface area contributed by atoms with E-state index in [0.29, 0.717) is 11.1 Å². The van der Waals surface area contributed by atoms with E-state index < -0.39 is 5.82 Å². The number of hydrogen-bond acceptors (Lipinski definition) is 6. The van der Waals surface area contributed by atoms with E-state index in [9.17, 15) is 4.39 Å². The van der Waals surface area contributed by atoms with Gasteiger partial charge >= 0.3 is 12.0 Å². The summed E-state index contributed by atoms with van der Waals surface area (Å²) in [5, 5.41) is 0. The third-order valence-electron chi connectivity index (χ3n) is 2.14. The summed E-state index contributed by atoms with van der Waals surface area (Å²) < 4.78 is 24.7. The SMILES string of the molecule is CCCOc1nc(N)nc(Oc2ccc(Br)cc2F)n1. The predicted octanol–water partition coefficient (Wildman–Crippen LogP) is 2.94. The van der Waals surface area contributed by atoms with Crippen LogP contribution in [-0.4, -0.2) is 21.6 Å². The minimum absolute atomic E-state index is 0.0137. The molecule has 20 heavy (non-hydrogen) atoms. The minimum atomic E-state index is -0.547. The van der Waals surface area contributed by atoms with Gasteiger partial charge < -0.3 is 15.2 Å². The van der Waals surface area contributed by atoms with Gasteiger partial charge in [-0.25, -0.2) is 4.39 Å². The van der Waals surface area contributed by atoms with E-state index in [1.807, 2.05) is 6.92 Å². The van der Waals surface area contributed by atoms with Gasteiger partial charge in [0.05, 0.1) is 6.61 Å². The molecule has 0 aliphatic heterocycles. The highest BCUT2D eigenvalue weighted by Crippen LogP contribution is 2.25. The van der Waals surface area contributed by atoms with E-state index in [2.05, 4.69) is 30.9 Å². The first kappa shape index (κ1) is 14.4. The number of anilines is 1. The highest BCUT2D eigenvalue weighted by Gasteiger charge is 2.11. The van der Waals surface area contributed by atoms with Crippen LogP contribution in [0.15, 0.2) is 22.7 Å². The lowest BCUT2D eigenvalue weighted by molar-refractivity contribution is 0.284. The van der Waals surface area contributed by atoms with Crippen molar-refractivity contribution in [3.8, 4) is 17.8 Å². The fraction of sp³-hybridized carbons (Fsp3) is 0.250. The molecular formula is C12H12BrFN4O2. The summed E-state index contributed by atoms with van der Waals surface area (Å²) in [5.41, 5.74) is 5.52. The summed E-state index contributed by atoms with van der Waals surface area (Å²) in [6.45, 7) is 2.38. The molecule has 0 amide bonds. The number of rotatable bonds is 5. The molecule has 0 spiro atoms. The zero-order valence-corrected chi connectivity index (χ0v) is 12.2. The Labute approximate surface area is 123 Å². The third-order valence-corrected chi connectivity index (χ3v) is 2.64. The van der Waals surface area contributed by atoms with Crippen molar-refractivity contribution < 1.29 is 13.9 Å². The zero-order valence-electron chi connectivity index (χ0n) is 10.6. The van der Waals surface area contributed by atoms with Gasteiger partial charge in [-0.05, 0) is 24.6 Å². The van der Waals surface area contributed by atoms with Gasteiger partial charge in [0.15, 0.2) is 11.6 Å². The Morgan fingerprint density at radius 3 is 2.70 bits per heavy atom. The number of nitrogen functional groups attached to an aromatic ring is 1. The van der Waals surface area contributed by atoms with Crippen LogP contribution >= 0.6 is 15.9 Å². The fourth-order valence-electron chi connectivity index (χ4n) is 1.31. The second kappa shape index (κ2) is 6.47. The first-order valence-electron chi connectivity index (χ1n) is 5.85. The normalized spacial score (nSPS) is 10.3. The van der Waals surface area contributed by atoms with Crippen LogP contribution in [0, 0.1) is 5.82 Å². The molecule has 8 heteroatoms. The Balaban J connectivity index is 2.21. The molecule has 2 aromatic rings. The fourth-order valence-corrected chi connectivity index (χ4v) is 1.65. The van der Waals surface area contributed by atoms with Gasteiger partial charge in [-0.3, -0.25) is 0 Å². The summed E-state index contributed by atoms with van der Waals surface area (Å²) in [6.07, 6.45) is 0.795. The minimum Gasteiger partial charge on any atom is -0.463 e. The molecule has 0 radical (unpaired) electrons. The van der Waals surface area contributed by atoms with Crippen LogP contribution in [0.25, 0.3) is 0 Å². The van der Waals surface area contributed by atoms with Gasteiger partial charge in [-0.2, -0.15) is 9.97 Å².